The summed E-state index contributed by atoms with van der Waals surface area (Å²) < 4.78 is 17.6. The molecule has 1 aromatic heterocycles. The van der Waals surface area contributed by atoms with Crippen molar-refractivity contribution in [3.8, 4) is 11.1 Å². The Balaban J connectivity index is 1.74. The van der Waals surface area contributed by atoms with Crippen LogP contribution in [-0.4, -0.2) is 9.78 Å². The normalized spacial score (nSPS) is 23.3. The maximum absolute atomic E-state index is 15.4. The van der Waals surface area contributed by atoms with E-state index in [1.165, 1.54) is 38.5 Å². The first-order valence-electron chi connectivity index (χ1n) is 13.3. The third-order valence-corrected chi connectivity index (χ3v) is 7.59. The molecule has 2 nitrogen and oxygen atoms in total. The molecule has 0 saturated heterocycles. The Morgan fingerprint density at radius 3 is 2.39 bits per heavy atom. The van der Waals surface area contributed by atoms with E-state index in [4.69, 9.17) is 5.10 Å². The molecule has 0 radical (unpaired) electrons. The summed E-state index contributed by atoms with van der Waals surface area (Å²) in [6.45, 7) is 7.51. The topological polar surface area (TPSA) is 17.8 Å². The summed E-state index contributed by atoms with van der Waals surface area (Å²) in [4.78, 5) is 0. The van der Waals surface area contributed by atoms with Gasteiger partial charge in [0, 0.05) is 17.7 Å². The summed E-state index contributed by atoms with van der Waals surface area (Å²) in [5.41, 5.74) is 5.19. The second kappa shape index (κ2) is 11.3. The van der Waals surface area contributed by atoms with Gasteiger partial charge in [-0.15, -0.1) is 0 Å². The Morgan fingerprint density at radius 2 is 1.73 bits per heavy atom. The van der Waals surface area contributed by atoms with Crippen LogP contribution in [0.5, 0.6) is 0 Å². The zero-order valence-electron chi connectivity index (χ0n) is 20.8. The minimum absolute atomic E-state index is 0.0826. The molecule has 0 amide bonds. The number of unbranched alkanes of at least 4 members (excludes halogenated alkanes) is 1. The molecule has 2 aliphatic rings. The average molecular weight is 449 g/mol. The van der Waals surface area contributed by atoms with Crippen molar-refractivity contribution in [1.82, 2.24) is 9.78 Å². The van der Waals surface area contributed by atoms with E-state index in [0.717, 1.165) is 66.2 Å². The third-order valence-electron chi connectivity index (χ3n) is 7.59. The quantitative estimate of drug-likeness (QED) is 0.375. The number of aromatic nitrogens is 2. The molecule has 4 rings (SSSR count). The number of aryl methyl sites for hydroxylation is 1. The van der Waals surface area contributed by atoms with Gasteiger partial charge in [-0.3, -0.25) is 4.68 Å². The van der Waals surface area contributed by atoms with E-state index >= 15 is 4.39 Å². The number of allylic oxidation sites excluding steroid dienone is 4. The van der Waals surface area contributed by atoms with Gasteiger partial charge in [-0.05, 0) is 61.5 Å². The minimum Gasteiger partial charge on any atom is -0.264 e. The van der Waals surface area contributed by atoms with Crippen molar-refractivity contribution in [2.75, 3.05) is 0 Å². The third kappa shape index (κ3) is 5.67. The lowest BCUT2D eigenvalue weighted by Crippen LogP contribution is -2.21. The molecule has 0 spiro atoms. The van der Waals surface area contributed by atoms with Crippen molar-refractivity contribution in [2.24, 2.45) is 17.8 Å². The average Bonchev–Trinajstić information content (AvgIpc) is 3.17. The molecule has 1 heterocycles. The lowest BCUT2D eigenvalue weighted by molar-refractivity contribution is 0.236. The minimum atomic E-state index is -0.0826. The molecule has 0 N–H and O–H groups in total. The van der Waals surface area contributed by atoms with E-state index in [1.807, 2.05) is 0 Å². The monoisotopic (exact) mass is 448 g/mol. The van der Waals surface area contributed by atoms with Gasteiger partial charge in [0.2, 0.25) is 0 Å². The Bertz CT molecular complexity index is 961. The van der Waals surface area contributed by atoms with Gasteiger partial charge in [-0.1, -0.05) is 89.3 Å². The van der Waals surface area contributed by atoms with E-state index in [9.17, 15) is 0 Å². The zero-order chi connectivity index (χ0) is 23.2. The van der Waals surface area contributed by atoms with Gasteiger partial charge in [-0.25, -0.2) is 4.39 Å². The second-order valence-electron chi connectivity index (χ2n) is 10.3. The predicted molar refractivity (Wildman–Crippen MR) is 138 cm³/mol. The molecule has 0 bridgehead atoms. The summed E-state index contributed by atoms with van der Waals surface area (Å²) in [5, 5.41) is 5.18. The molecule has 33 heavy (non-hydrogen) atoms. The Kier molecular flexibility index (Phi) is 8.22. The first-order chi connectivity index (χ1) is 16.1. The first kappa shape index (κ1) is 24.0. The van der Waals surface area contributed by atoms with Crippen LogP contribution in [0.15, 0.2) is 48.3 Å². The molecule has 178 valence electrons. The maximum Gasteiger partial charge on any atom is 0.128 e. The fourth-order valence-corrected chi connectivity index (χ4v) is 5.72. The summed E-state index contributed by atoms with van der Waals surface area (Å²) >= 11 is 0. The van der Waals surface area contributed by atoms with E-state index in [2.05, 4.69) is 61.9 Å². The van der Waals surface area contributed by atoms with Crippen molar-refractivity contribution in [2.45, 2.75) is 91.5 Å². The van der Waals surface area contributed by atoms with Gasteiger partial charge in [0.1, 0.15) is 5.83 Å². The largest absolute Gasteiger partial charge is 0.264 e. The summed E-state index contributed by atoms with van der Waals surface area (Å²) in [6, 6.07) is 10.5. The standard InChI is InChI=1S/C30H41FN2/c1-4-6-13-28-29(25-11-8-7-9-12-25)30(26-19-14-22(3)20-27(26)31)33(32-28)21-24-17-15-23(10-5-2)16-18-24/h7-9,11-12,19-20,22-24H,4-6,10,13-18,21H2,1-3H3. The van der Waals surface area contributed by atoms with Gasteiger partial charge < -0.3 is 0 Å². The molecular formula is C30H41FN2. The molecule has 2 aromatic rings. The Labute approximate surface area is 200 Å². The van der Waals surface area contributed by atoms with Crippen LogP contribution in [0, 0.1) is 17.8 Å². The van der Waals surface area contributed by atoms with Gasteiger partial charge in [-0.2, -0.15) is 5.10 Å². The highest BCUT2D eigenvalue weighted by molar-refractivity contribution is 5.87. The lowest BCUT2D eigenvalue weighted by atomic mass is 9.80. The van der Waals surface area contributed by atoms with E-state index in [0.29, 0.717) is 5.92 Å². The maximum atomic E-state index is 15.4. The fourth-order valence-electron chi connectivity index (χ4n) is 5.72. The van der Waals surface area contributed by atoms with Gasteiger partial charge in [0.15, 0.2) is 0 Å². The van der Waals surface area contributed by atoms with Crippen LogP contribution in [0.4, 0.5) is 4.39 Å². The summed E-state index contributed by atoms with van der Waals surface area (Å²) in [6.07, 6.45) is 15.8. The van der Waals surface area contributed by atoms with Crippen LogP contribution in [0.2, 0.25) is 0 Å². The van der Waals surface area contributed by atoms with Gasteiger partial charge >= 0.3 is 0 Å². The van der Waals surface area contributed by atoms with Crippen molar-refractivity contribution in [1.29, 1.82) is 0 Å². The second-order valence-corrected chi connectivity index (χ2v) is 10.3. The smallest absolute Gasteiger partial charge is 0.128 e. The highest BCUT2D eigenvalue weighted by atomic mass is 19.1. The van der Waals surface area contributed by atoms with Crippen LogP contribution in [0.25, 0.3) is 16.7 Å². The number of hydrogen-bond acceptors (Lipinski definition) is 1. The van der Waals surface area contributed by atoms with Crippen molar-refractivity contribution in [3.63, 3.8) is 0 Å². The van der Waals surface area contributed by atoms with Crippen molar-refractivity contribution in [3.05, 3.63) is 59.7 Å². The highest BCUT2D eigenvalue weighted by Gasteiger charge is 2.28. The zero-order valence-corrected chi connectivity index (χ0v) is 20.8. The van der Waals surface area contributed by atoms with Crippen molar-refractivity contribution < 1.29 is 4.39 Å². The number of nitrogens with zero attached hydrogens (tertiary/aromatic N) is 2. The first-order valence-corrected chi connectivity index (χ1v) is 13.3. The molecule has 1 unspecified atom stereocenters. The van der Waals surface area contributed by atoms with Crippen molar-refractivity contribution >= 4 is 5.57 Å². The lowest BCUT2D eigenvalue weighted by Gasteiger charge is -2.29. The van der Waals surface area contributed by atoms with Crippen LogP contribution < -0.4 is 0 Å². The molecule has 1 saturated carbocycles. The number of hydrogen-bond donors (Lipinski definition) is 0. The molecule has 1 fully saturated rings. The Morgan fingerprint density at radius 1 is 1.00 bits per heavy atom. The van der Waals surface area contributed by atoms with Gasteiger partial charge in [0.05, 0.1) is 11.4 Å². The predicted octanol–water partition coefficient (Wildman–Crippen LogP) is 8.78. The molecule has 3 heteroatoms. The SMILES string of the molecule is CCCCc1nn(CC2CCC(CCC)CC2)c(C2=CCC(C)C=C2F)c1-c1ccccc1. The summed E-state index contributed by atoms with van der Waals surface area (Å²) in [5.74, 6) is 1.69. The molecular weight excluding hydrogens is 407 g/mol. The van der Waals surface area contributed by atoms with Crippen LogP contribution in [0.3, 0.4) is 0 Å². The Hall–Kier alpha value is -2.16. The van der Waals surface area contributed by atoms with E-state index in [1.54, 1.807) is 6.08 Å². The van der Waals surface area contributed by atoms with Crippen LogP contribution in [-0.2, 0) is 13.0 Å². The molecule has 2 aliphatic carbocycles. The fraction of sp³-hybridized carbons (Fsp3) is 0.567. The number of benzene rings is 1. The van der Waals surface area contributed by atoms with Gasteiger partial charge in [0.25, 0.3) is 0 Å². The molecule has 0 aliphatic heterocycles. The van der Waals surface area contributed by atoms with Crippen LogP contribution in [0.1, 0.15) is 89.9 Å². The van der Waals surface area contributed by atoms with E-state index in [-0.39, 0.29) is 11.7 Å². The number of halogens is 1. The van der Waals surface area contributed by atoms with Crippen LogP contribution >= 0.6 is 0 Å². The molecule has 1 aromatic carbocycles. The van der Waals surface area contributed by atoms with E-state index < -0.39 is 0 Å². The highest BCUT2D eigenvalue weighted by Crippen LogP contribution is 2.41. The molecule has 1 atom stereocenters. The summed E-state index contributed by atoms with van der Waals surface area (Å²) in [7, 11) is 0. The number of rotatable bonds is 9.